The number of aliphatic hydroxyl groups is 1. The van der Waals surface area contributed by atoms with E-state index >= 15 is 0 Å². The molecule has 3 aromatic rings. The number of methoxy groups -OCH3 is 1. The van der Waals surface area contributed by atoms with Crippen LogP contribution in [-0.2, 0) is 25.5 Å². The van der Waals surface area contributed by atoms with Gasteiger partial charge in [0.2, 0.25) is 5.78 Å². The summed E-state index contributed by atoms with van der Waals surface area (Å²) in [6.07, 6.45) is 2.06. The van der Waals surface area contributed by atoms with Crippen LogP contribution >= 0.6 is 0 Å². The Morgan fingerprint density at radius 2 is 1.56 bits per heavy atom. The van der Waals surface area contributed by atoms with Crippen molar-refractivity contribution in [2.45, 2.75) is 39.2 Å². The number of aryl methyl sites for hydroxylation is 1. The maximum absolute atomic E-state index is 14.3. The molecule has 4 aliphatic rings. The van der Waals surface area contributed by atoms with E-state index in [-0.39, 0.29) is 34.4 Å². The molecule has 0 radical (unpaired) electrons. The molecule has 4 aliphatic carbocycles. The van der Waals surface area contributed by atoms with Gasteiger partial charge in [-0.05, 0) is 66.8 Å². The molecule has 3 aromatic carbocycles. The molecular weight excluding hydrogens is 584 g/mol. The van der Waals surface area contributed by atoms with Gasteiger partial charge in [0.25, 0.3) is 0 Å². The molecule has 0 amide bonds. The molecule has 45 heavy (non-hydrogen) atoms. The maximum atomic E-state index is 14.3. The number of aliphatic hydroxyl groups excluding tert-OH is 1. The number of aromatic hydroxyl groups is 4. The number of ether oxygens (including phenoxy) is 2. The van der Waals surface area contributed by atoms with Gasteiger partial charge in [-0.2, -0.15) is 0 Å². The Labute approximate surface area is 256 Å². The molecule has 0 saturated carbocycles. The number of Topliss-reactive ketones (excluding diaryl/α,β-unsaturated/α-hetero) is 1. The van der Waals surface area contributed by atoms with Gasteiger partial charge in [-0.15, -0.1) is 0 Å². The minimum Gasteiger partial charge on any atom is -0.507 e. The second-order valence-electron chi connectivity index (χ2n) is 11.5. The second kappa shape index (κ2) is 9.98. The Bertz CT molecular complexity index is 1970. The van der Waals surface area contributed by atoms with E-state index in [1.165, 1.54) is 26.0 Å². The Kier molecular flexibility index (Phi) is 6.54. The quantitative estimate of drug-likeness (QED) is 0.121. The Morgan fingerprint density at radius 1 is 0.889 bits per heavy atom. The Hall–Kier alpha value is -5.58. The number of benzene rings is 3. The number of fused-ring (bicyclic) bond motifs is 1. The van der Waals surface area contributed by atoms with Gasteiger partial charge in [0.05, 0.1) is 40.7 Å². The highest BCUT2D eigenvalue weighted by Gasteiger charge is 2.57. The summed E-state index contributed by atoms with van der Waals surface area (Å²) in [5.41, 5.74) is -1.30. The fraction of sp³-hybridized carbons (Fsp3) is 0.235. The first-order valence-corrected chi connectivity index (χ1v) is 13.9. The molecular formula is C34H28O11. The summed E-state index contributed by atoms with van der Waals surface area (Å²) >= 11 is 0. The lowest BCUT2D eigenvalue weighted by atomic mass is 9.61. The van der Waals surface area contributed by atoms with Crippen LogP contribution < -0.4 is 0 Å². The van der Waals surface area contributed by atoms with E-state index in [2.05, 4.69) is 0 Å². The van der Waals surface area contributed by atoms with Gasteiger partial charge in [-0.1, -0.05) is 18.2 Å². The van der Waals surface area contributed by atoms with E-state index in [4.69, 9.17) is 9.47 Å². The third-order valence-electron chi connectivity index (χ3n) is 8.87. The largest absolute Gasteiger partial charge is 0.507 e. The van der Waals surface area contributed by atoms with Crippen molar-refractivity contribution in [1.82, 2.24) is 0 Å². The van der Waals surface area contributed by atoms with Crippen molar-refractivity contribution in [3.8, 4) is 23.0 Å². The molecule has 11 nitrogen and oxygen atoms in total. The highest BCUT2D eigenvalue weighted by molar-refractivity contribution is 6.19. The molecule has 5 N–H and O–H groups in total. The number of carbonyl (C=O) groups excluding carboxylic acids is 4. The van der Waals surface area contributed by atoms with E-state index in [1.54, 1.807) is 25.1 Å². The maximum Gasteiger partial charge on any atom is 0.342 e. The van der Waals surface area contributed by atoms with Gasteiger partial charge < -0.3 is 35.0 Å². The molecule has 0 heterocycles. The van der Waals surface area contributed by atoms with Crippen molar-refractivity contribution in [3.05, 3.63) is 98.1 Å². The van der Waals surface area contributed by atoms with Gasteiger partial charge in [-0.3, -0.25) is 14.4 Å². The van der Waals surface area contributed by atoms with Crippen molar-refractivity contribution in [2.24, 2.45) is 5.41 Å². The van der Waals surface area contributed by atoms with Gasteiger partial charge in [0.1, 0.15) is 40.4 Å². The molecule has 1 spiro atoms. The highest BCUT2D eigenvalue weighted by atomic mass is 16.5. The topological polar surface area (TPSA) is 188 Å². The smallest absolute Gasteiger partial charge is 0.342 e. The molecule has 0 aliphatic heterocycles. The third-order valence-corrected chi connectivity index (χ3v) is 8.87. The molecule has 11 heteroatoms. The van der Waals surface area contributed by atoms with Crippen LogP contribution in [0.2, 0.25) is 0 Å². The number of allylic oxidation sites excluding steroid dienone is 1. The minimum absolute atomic E-state index is 0.0315. The Balaban J connectivity index is 1.61. The van der Waals surface area contributed by atoms with Crippen LogP contribution in [0.1, 0.15) is 78.6 Å². The summed E-state index contributed by atoms with van der Waals surface area (Å²) < 4.78 is 10.5. The summed E-state index contributed by atoms with van der Waals surface area (Å²) in [7, 11) is 1.03. The average Bonchev–Trinajstić information content (AvgIpc) is 3.18. The van der Waals surface area contributed by atoms with Crippen molar-refractivity contribution < 1.29 is 54.2 Å². The molecule has 3 atom stereocenters. The lowest BCUT2D eigenvalue weighted by Crippen LogP contribution is -2.42. The normalized spacial score (nSPS) is 21.0. The first-order valence-electron chi connectivity index (χ1n) is 13.9. The molecule has 0 fully saturated rings. The first-order chi connectivity index (χ1) is 21.2. The summed E-state index contributed by atoms with van der Waals surface area (Å²) in [5, 5.41) is 54.7. The SMILES string of the molecule is COC(=O)c1c(O)ccc(O)c1C(=O)c1c(O)cc2c(c1C)C1C=CC3(C2)C(=C(O)c2c(O)cc(C)cc2C3OC(C)=O)C1=O. The monoisotopic (exact) mass is 612 g/mol. The fourth-order valence-corrected chi connectivity index (χ4v) is 7.15. The highest BCUT2D eigenvalue weighted by Crippen LogP contribution is 2.61. The van der Waals surface area contributed by atoms with Gasteiger partial charge >= 0.3 is 11.9 Å². The van der Waals surface area contributed by atoms with Crippen molar-refractivity contribution in [3.63, 3.8) is 0 Å². The van der Waals surface area contributed by atoms with Gasteiger partial charge in [0.15, 0.2) is 5.78 Å². The predicted molar refractivity (Wildman–Crippen MR) is 157 cm³/mol. The van der Waals surface area contributed by atoms with Crippen LogP contribution in [0.5, 0.6) is 23.0 Å². The Morgan fingerprint density at radius 3 is 2.20 bits per heavy atom. The van der Waals surface area contributed by atoms with E-state index in [0.717, 1.165) is 19.2 Å². The molecule has 230 valence electrons. The van der Waals surface area contributed by atoms with Crippen LogP contribution in [0.25, 0.3) is 5.76 Å². The van der Waals surface area contributed by atoms with Crippen LogP contribution in [0.4, 0.5) is 0 Å². The first kappa shape index (κ1) is 29.5. The van der Waals surface area contributed by atoms with Gasteiger partial charge in [-0.25, -0.2) is 4.79 Å². The van der Waals surface area contributed by atoms with Crippen LogP contribution in [0.3, 0.4) is 0 Å². The minimum atomic E-state index is -1.44. The molecule has 3 unspecified atom stereocenters. The fourth-order valence-electron chi connectivity index (χ4n) is 7.15. The number of rotatable bonds is 4. The lowest BCUT2D eigenvalue weighted by Gasteiger charge is -2.44. The number of esters is 2. The van der Waals surface area contributed by atoms with Crippen LogP contribution in [0.15, 0.2) is 48.1 Å². The summed E-state index contributed by atoms with van der Waals surface area (Å²) in [5.74, 6) is -7.01. The zero-order chi connectivity index (χ0) is 32.7. The van der Waals surface area contributed by atoms with Crippen LogP contribution in [-0.4, -0.2) is 56.1 Å². The summed E-state index contributed by atoms with van der Waals surface area (Å²) in [6.45, 7) is 4.42. The number of hydrogen-bond acceptors (Lipinski definition) is 11. The number of carbonyl (C=O) groups is 4. The van der Waals surface area contributed by atoms with E-state index in [1.807, 2.05) is 0 Å². The molecule has 0 saturated heterocycles. The van der Waals surface area contributed by atoms with E-state index < -0.39 is 75.1 Å². The average molecular weight is 613 g/mol. The second-order valence-corrected chi connectivity index (χ2v) is 11.5. The van der Waals surface area contributed by atoms with Crippen LogP contribution in [0, 0.1) is 19.3 Å². The van der Waals surface area contributed by atoms with Crippen molar-refractivity contribution in [2.75, 3.05) is 7.11 Å². The number of ketones is 2. The van der Waals surface area contributed by atoms with Gasteiger partial charge in [0, 0.05) is 12.5 Å². The number of hydrogen-bond donors (Lipinski definition) is 5. The van der Waals surface area contributed by atoms with E-state index in [0.29, 0.717) is 22.3 Å². The standard InChI is InChI=1S/C34H28O11/c1-13-9-18-25(21(38)10-13)31(42)28-29(40)17-7-8-34(28,32(18)45-15(3)35)12-16-11-22(39)24(14(2)23(16)17)30(41)26-19(36)5-6-20(37)27(26)33(43)44-4/h5-11,17,32,36-39,42H,12H2,1-4H3. The van der Waals surface area contributed by atoms with E-state index in [9.17, 15) is 44.7 Å². The summed E-state index contributed by atoms with van der Waals surface area (Å²) in [6, 6.07) is 6.40. The summed E-state index contributed by atoms with van der Waals surface area (Å²) in [4.78, 5) is 53.2. The van der Waals surface area contributed by atoms with Crippen molar-refractivity contribution in [1.29, 1.82) is 0 Å². The molecule has 7 rings (SSSR count). The van der Waals surface area contributed by atoms with Crippen molar-refractivity contribution >= 4 is 29.3 Å². The zero-order valence-corrected chi connectivity index (χ0v) is 24.6. The lowest BCUT2D eigenvalue weighted by molar-refractivity contribution is -0.152. The third kappa shape index (κ3) is 4.03. The number of phenolic OH excluding ortho intramolecular Hbond substituents is 4. The molecule has 2 bridgehead atoms. The number of phenols is 4. The molecule has 0 aromatic heterocycles. The zero-order valence-electron chi connectivity index (χ0n) is 24.6. The predicted octanol–water partition coefficient (Wildman–Crippen LogP) is 4.50.